The Morgan fingerprint density at radius 2 is 1.94 bits per heavy atom. The summed E-state index contributed by atoms with van der Waals surface area (Å²) in [4.78, 5) is 10.8. The van der Waals surface area contributed by atoms with E-state index in [2.05, 4.69) is 29.1 Å². The second-order valence-electron chi connectivity index (χ2n) is 8.03. The molecule has 7 heteroatoms. The number of rotatable bonds is 10. The average molecular weight is 465 g/mol. The van der Waals surface area contributed by atoms with Crippen molar-refractivity contribution in [2.75, 3.05) is 13.7 Å². The number of nitrogens with zero attached hydrogens (tertiary/aromatic N) is 2. The molecule has 0 atom stereocenters. The molecule has 0 radical (unpaired) electrons. The van der Waals surface area contributed by atoms with Crippen molar-refractivity contribution in [2.45, 2.75) is 39.7 Å². The molecule has 4 rings (SSSR count). The minimum absolute atomic E-state index is 0.331. The van der Waals surface area contributed by atoms with Crippen molar-refractivity contribution in [1.82, 2.24) is 9.78 Å². The average Bonchev–Trinajstić information content (AvgIpc) is 3.40. The Bertz CT molecular complexity index is 1260. The van der Waals surface area contributed by atoms with Gasteiger partial charge in [-0.2, -0.15) is 5.10 Å². The van der Waals surface area contributed by atoms with E-state index in [0.717, 1.165) is 53.1 Å². The molecule has 0 saturated heterocycles. The van der Waals surface area contributed by atoms with E-state index in [4.69, 9.17) is 19.7 Å². The third kappa shape index (κ3) is 5.20. The highest BCUT2D eigenvalue weighted by Gasteiger charge is 2.13. The van der Waals surface area contributed by atoms with Crippen LogP contribution in [0.25, 0.3) is 21.3 Å². The van der Waals surface area contributed by atoms with Crippen molar-refractivity contribution >= 4 is 27.4 Å². The topological polar surface area (TPSA) is 73.6 Å². The van der Waals surface area contributed by atoms with Gasteiger partial charge in [0.25, 0.3) is 0 Å². The number of carboxylic acids is 1. The zero-order valence-corrected chi connectivity index (χ0v) is 19.9. The van der Waals surface area contributed by atoms with E-state index in [1.807, 2.05) is 37.3 Å². The van der Waals surface area contributed by atoms with E-state index < -0.39 is 5.97 Å². The third-order valence-electron chi connectivity index (χ3n) is 5.64. The molecule has 2 heterocycles. The summed E-state index contributed by atoms with van der Waals surface area (Å²) in [6.45, 7) is 4.68. The van der Waals surface area contributed by atoms with Gasteiger partial charge in [0.05, 0.1) is 12.8 Å². The van der Waals surface area contributed by atoms with E-state index in [1.54, 1.807) is 18.4 Å². The van der Waals surface area contributed by atoms with Gasteiger partial charge in [0.1, 0.15) is 11.5 Å². The molecule has 4 aromatic rings. The molecule has 0 saturated carbocycles. The summed E-state index contributed by atoms with van der Waals surface area (Å²) in [6.07, 6.45) is 2.83. The highest BCUT2D eigenvalue weighted by atomic mass is 32.1. The van der Waals surface area contributed by atoms with Gasteiger partial charge in [0, 0.05) is 22.5 Å². The maximum absolute atomic E-state index is 10.8. The molecule has 2 aromatic carbocycles. The summed E-state index contributed by atoms with van der Waals surface area (Å²) in [5.74, 6) is 0.491. The molecule has 0 bridgehead atoms. The number of hydrogen-bond acceptors (Lipinski definition) is 5. The molecule has 172 valence electrons. The number of thiophene rings is 1. The summed E-state index contributed by atoms with van der Waals surface area (Å²) < 4.78 is 13.9. The van der Waals surface area contributed by atoms with Gasteiger partial charge in [-0.05, 0) is 90.5 Å². The number of aromatic nitrogens is 2. The number of aryl methyl sites for hydroxylation is 4. The molecule has 0 aliphatic heterocycles. The van der Waals surface area contributed by atoms with Gasteiger partial charge >= 0.3 is 5.97 Å². The van der Waals surface area contributed by atoms with E-state index in [-0.39, 0.29) is 6.61 Å². The lowest BCUT2D eigenvalue weighted by molar-refractivity contribution is -0.139. The molecule has 2 aromatic heterocycles. The van der Waals surface area contributed by atoms with Crippen LogP contribution in [0.3, 0.4) is 0 Å². The smallest absolute Gasteiger partial charge is 0.341 e. The van der Waals surface area contributed by atoms with E-state index in [0.29, 0.717) is 5.75 Å². The lowest BCUT2D eigenvalue weighted by Gasteiger charge is -2.08. The van der Waals surface area contributed by atoms with E-state index >= 15 is 0 Å². The summed E-state index contributed by atoms with van der Waals surface area (Å²) in [6, 6.07) is 14.2. The minimum atomic E-state index is -0.973. The Morgan fingerprint density at radius 3 is 2.64 bits per heavy atom. The molecular weight excluding hydrogens is 436 g/mol. The number of carbonyl (C=O) groups is 1. The van der Waals surface area contributed by atoms with Crippen LogP contribution in [-0.2, 0) is 24.2 Å². The van der Waals surface area contributed by atoms with Crippen molar-refractivity contribution in [3.63, 3.8) is 0 Å². The van der Waals surface area contributed by atoms with Gasteiger partial charge in [0.2, 0.25) is 0 Å². The van der Waals surface area contributed by atoms with Crippen molar-refractivity contribution < 1.29 is 19.4 Å². The van der Waals surface area contributed by atoms with Crippen LogP contribution in [0, 0.1) is 6.92 Å². The van der Waals surface area contributed by atoms with Crippen LogP contribution >= 0.6 is 11.3 Å². The second-order valence-corrected chi connectivity index (χ2v) is 8.94. The van der Waals surface area contributed by atoms with Crippen molar-refractivity contribution in [2.24, 2.45) is 0 Å². The number of ether oxygens (including phenoxy) is 2. The summed E-state index contributed by atoms with van der Waals surface area (Å²) >= 11 is 1.66. The normalized spacial score (nSPS) is 11.1. The van der Waals surface area contributed by atoms with Crippen LogP contribution in [0.5, 0.6) is 11.5 Å². The molecule has 33 heavy (non-hydrogen) atoms. The first kappa shape index (κ1) is 22.9. The maximum Gasteiger partial charge on any atom is 0.341 e. The number of benzene rings is 2. The predicted molar refractivity (Wildman–Crippen MR) is 132 cm³/mol. The Kier molecular flexibility index (Phi) is 6.99. The molecule has 0 spiro atoms. The Labute approximate surface area is 197 Å². The third-order valence-corrected chi connectivity index (χ3v) is 6.63. The number of hydrogen-bond donors (Lipinski definition) is 1. The Balaban J connectivity index is 1.54. The van der Waals surface area contributed by atoms with E-state index in [9.17, 15) is 4.79 Å². The van der Waals surface area contributed by atoms with Crippen LogP contribution < -0.4 is 9.47 Å². The quantitative estimate of drug-likeness (QED) is 0.324. The van der Waals surface area contributed by atoms with Gasteiger partial charge < -0.3 is 14.6 Å². The van der Waals surface area contributed by atoms with Crippen LogP contribution in [0.2, 0.25) is 0 Å². The Hall–Kier alpha value is -3.32. The van der Waals surface area contributed by atoms with Crippen molar-refractivity contribution in [3.8, 4) is 22.8 Å². The molecule has 0 aliphatic rings. The first-order valence-corrected chi connectivity index (χ1v) is 11.9. The Morgan fingerprint density at radius 1 is 1.15 bits per heavy atom. The molecule has 0 aliphatic carbocycles. The van der Waals surface area contributed by atoms with Crippen LogP contribution in [0.1, 0.15) is 30.2 Å². The zero-order chi connectivity index (χ0) is 23.4. The monoisotopic (exact) mass is 464 g/mol. The molecular formula is C26H28N2O4S. The molecule has 0 fully saturated rings. The van der Waals surface area contributed by atoms with Crippen LogP contribution in [0.4, 0.5) is 0 Å². The molecule has 0 amide bonds. The molecule has 1 N–H and O–H groups in total. The minimum Gasteiger partial charge on any atom is -0.497 e. The van der Waals surface area contributed by atoms with Gasteiger partial charge in [-0.15, -0.1) is 11.3 Å². The molecule has 0 unspecified atom stereocenters. The van der Waals surface area contributed by atoms with Gasteiger partial charge in [-0.1, -0.05) is 6.92 Å². The van der Waals surface area contributed by atoms with E-state index in [1.165, 1.54) is 16.6 Å². The lowest BCUT2D eigenvalue weighted by Crippen LogP contribution is -2.10. The van der Waals surface area contributed by atoms with Crippen LogP contribution in [-0.4, -0.2) is 34.6 Å². The molecule has 6 nitrogen and oxygen atoms in total. The highest BCUT2D eigenvalue weighted by Crippen LogP contribution is 2.33. The number of aliphatic carboxylic acids is 1. The van der Waals surface area contributed by atoms with Crippen LogP contribution in [0.15, 0.2) is 47.8 Å². The summed E-state index contributed by atoms with van der Waals surface area (Å²) in [5, 5.41) is 17.1. The fourth-order valence-electron chi connectivity index (χ4n) is 3.93. The van der Waals surface area contributed by atoms with Crippen molar-refractivity contribution in [3.05, 3.63) is 64.7 Å². The summed E-state index contributed by atoms with van der Waals surface area (Å²) in [7, 11) is 1.67. The first-order chi connectivity index (χ1) is 16.0. The first-order valence-electron chi connectivity index (χ1n) is 11.0. The predicted octanol–water partition coefficient (Wildman–Crippen LogP) is 5.74. The largest absolute Gasteiger partial charge is 0.497 e. The highest BCUT2D eigenvalue weighted by molar-refractivity contribution is 7.17. The van der Waals surface area contributed by atoms with Gasteiger partial charge in [-0.3, -0.25) is 4.68 Å². The SMILES string of the molecule is CCCn1nc(-c2ccc(OC)cc2)cc1CCc1csc2cc(OCC(=O)O)c(C)cc12. The maximum atomic E-state index is 10.8. The van der Waals surface area contributed by atoms with Gasteiger partial charge in [-0.25, -0.2) is 4.79 Å². The second kappa shape index (κ2) is 10.1. The fraction of sp³-hybridized carbons (Fsp3) is 0.308. The zero-order valence-electron chi connectivity index (χ0n) is 19.1. The number of fused-ring (bicyclic) bond motifs is 1. The van der Waals surface area contributed by atoms with Crippen molar-refractivity contribution in [1.29, 1.82) is 0 Å². The fourth-order valence-corrected chi connectivity index (χ4v) is 4.94. The number of carboxylic acid groups (broad SMARTS) is 1. The lowest BCUT2D eigenvalue weighted by atomic mass is 10.0. The number of methoxy groups -OCH3 is 1. The van der Waals surface area contributed by atoms with Gasteiger partial charge in [0.15, 0.2) is 6.61 Å². The standard InChI is InChI=1S/C26H28N2O4S/c1-4-11-28-20(13-23(27-28)18-6-9-21(31-3)10-7-18)8-5-19-16-33-25-14-24(32-15-26(29)30)17(2)12-22(19)25/h6-7,9-10,12-14,16H,4-5,8,11,15H2,1-3H3,(H,29,30). The summed E-state index contributed by atoms with van der Waals surface area (Å²) in [5.41, 5.74) is 5.52.